The largest absolute Gasteiger partial charge is 0.305 e. The molecule has 0 atom stereocenters. The van der Waals surface area contributed by atoms with E-state index in [4.69, 9.17) is 0 Å². The van der Waals surface area contributed by atoms with E-state index in [-0.39, 0.29) is 5.41 Å². The molecule has 126 valence electrons. The van der Waals surface area contributed by atoms with E-state index in [0.717, 1.165) is 28.8 Å². The van der Waals surface area contributed by atoms with E-state index in [0.29, 0.717) is 0 Å². The predicted molar refractivity (Wildman–Crippen MR) is 95.9 cm³/mol. The van der Waals surface area contributed by atoms with Gasteiger partial charge >= 0.3 is 0 Å². The van der Waals surface area contributed by atoms with Crippen LogP contribution in [0.25, 0.3) is 11.4 Å². The van der Waals surface area contributed by atoms with Gasteiger partial charge in [-0.25, -0.2) is 4.98 Å². The highest BCUT2D eigenvalue weighted by atomic mass is 32.2. The van der Waals surface area contributed by atoms with Crippen LogP contribution in [0, 0.1) is 0 Å². The maximum absolute atomic E-state index is 4.35. The molecule has 0 aliphatic carbocycles. The summed E-state index contributed by atoms with van der Waals surface area (Å²) in [7, 11) is 2.00. The van der Waals surface area contributed by atoms with E-state index in [1.807, 2.05) is 16.3 Å². The molecular formula is C17H22N6S. The van der Waals surface area contributed by atoms with Crippen LogP contribution in [0.15, 0.2) is 42.1 Å². The first kappa shape index (κ1) is 16.7. The minimum atomic E-state index is 0.154. The van der Waals surface area contributed by atoms with Gasteiger partial charge in [0.1, 0.15) is 12.7 Å². The molecule has 6 nitrogen and oxygen atoms in total. The fourth-order valence-electron chi connectivity index (χ4n) is 2.39. The van der Waals surface area contributed by atoms with Gasteiger partial charge in [-0.05, 0) is 11.0 Å². The van der Waals surface area contributed by atoms with Crippen LogP contribution in [-0.4, -0.2) is 35.3 Å². The molecule has 0 radical (unpaired) electrons. The van der Waals surface area contributed by atoms with Gasteiger partial charge in [0.2, 0.25) is 0 Å². The second-order valence-electron chi connectivity index (χ2n) is 6.70. The number of nitrogens with zero attached hydrogens (tertiary/aromatic N) is 6. The van der Waals surface area contributed by atoms with Crippen molar-refractivity contribution in [2.24, 2.45) is 7.05 Å². The van der Waals surface area contributed by atoms with Gasteiger partial charge in [-0.1, -0.05) is 56.8 Å². The Morgan fingerprint density at radius 1 is 1.08 bits per heavy atom. The van der Waals surface area contributed by atoms with Crippen LogP contribution < -0.4 is 0 Å². The summed E-state index contributed by atoms with van der Waals surface area (Å²) >= 11 is 1.67. The second kappa shape index (κ2) is 6.76. The van der Waals surface area contributed by atoms with Crippen molar-refractivity contribution in [1.29, 1.82) is 0 Å². The summed E-state index contributed by atoms with van der Waals surface area (Å²) in [5.41, 5.74) is 2.55. The van der Waals surface area contributed by atoms with Crippen LogP contribution in [0.4, 0.5) is 0 Å². The fourth-order valence-corrected chi connectivity index (χ4v) is 3.23. The first-order valence-electron chi connectivity index (χ1n) is 7.90. The van der Waals surface area contributed by atoms with Crippen molar-refractivity contribution in [3.8, 4) is 11.4 Å². The molecule has 2 heterocycles. The van der Waals surface area contributed by atoms with E-state index in [1.165, 1.54) is 5.56 Å². The van der Waals surface area contributed by atoms with Crippen molar-refractivity contribution in [3.05, 3.63) is 42.5 Å². The molecule has 1 aromatic carbocycles. The van der Waals surface area contributed by atoms with Crippen molar-refractivity contribution in [2.75, 3.05) is 5.75 Å². The van der Waals surface area contributed by atoms with Gasteiger partial charge in [0.15, 0.2) is 11.0 Å². The zero-order valence-electron chi connectivity index (χ0n) is 14.5. The summed E-state index contributed by atoms with van der Waals surface area (Å²) in [4.78, 5) is 3.94. The summed E-state index contributed by atoms with van der Waals surface area (Å²) in [5, 5.41) is 13.7. The van der Waals surface area contributed by atoms with Crippen LogP contribution in [0.5, 0.6) is 0 Å². The molecule has 0 saturated heterocycles. The molecule has 0 spiro atoms. The number of benzene rings is 1. The molecule has 0 fully saturated rings. The van der Waals surface area contributed by atoms with Crippen LogP contribution >= 0.6 is 11.8 Å². The highest BCUT2D eigenvalue weighted by Gasteiger charge is 2.15. The quantitative estimate of drug-likeness (QED) is 0.667. The van der Waals surface area contributed by atoms with Crippen molar-refractivity contribution in [1.82, 2.24) is 29.5 Å². The SMILES string of the molecule is Cn1c(SCCn2cncn2)nnc1-c1ccc(C(C)(C)C)cc1. The van der Waals surface area contributed by atoms with Gasteiger partial charge in [-0.3, -0.25) is 4.68 Å². The highest BCUT2D eigenvalue weighted by molar-refractivity contribution is 7.99. The van der Waals surface area contributed by atoms with Crippen LogP contribution in [-0.2, 0) is 19.0 Å². The molecule has 0 aliphatic rings. The molecule has 0 aliphatic heterocycles. The number of thioether (sulfide) groups is 1. The summed E-state index contributed by atoms with van der Waals surface area (Å²) < 4.78 is 3.85. The van der Waals surface area contributed by atoms with Crippen molar-refractivity contribution in [2.45, 2.75) is 37.9 Å². The van der Waals surface area contributed by atoms with Crippen LogP contribution in [0.1, 0.15) is 26.3 Å². The first-order valence-corrected chi connectivity index (χ1v) is 8.89. The lowest BCUT2D eigenvalue weighted by Crippen LogP contribution is -2.10. The Morgan fingerprint density at radius 3 is 2.46 bits per heavy atom. The molecule has 3 aromatic rings. The lowest BCUT2D eigenvalue weighted by molar-refractivity contribution is 0.590. The minimum Gasteiger partial charge on any atom is -0.305 e. The average Bonchev–Trinajstić information content (AvgIpc) is 3.18. The third kappa shape index (κ3) is 3.67. The topological polar surface area (TPSA) is 61.4 Å². The van der Waals surface area contributed by atoms with Crippen LogP contribution in [0.3, 0.4) is 0 Å². The third-order valence-corrected chi connectivity index (χ3v) is 4.86. The van der Waals surface area contributed by atoms with Crippen molar-refractivity contribution >= 4 is 11.8 Å². The smallest absolute Gasteiger partial charge is 0.191 e. The van der Waals surface area contributed by atoms with Crippen molar-refractivity contribution in [3.63, 3.8) is 0 Å². The van der Waals surface area contributed by atoms with Gasteiger partial charge < -0.3 is 4.57 Å². The zero-order chi connectivity index (χ0) is 17.2. The molecular weight excluding hydrogens is 320 g/mol. The third-order valence-electron chi connectivity index (χ3n) is 3.86. The Morgan fingerprint density at radius 2 is 1.83 bits per heavy atom. The standard InChI is InChI=1S/C17H22N6S/c1-17(2,3)14-7-5-13(6-8-14)15-20-21-16(22(15)4)24-10-9-23-12-18-11-19-23/h5-8,11-12H,9-10H2,1-4H3. The summed E-state index contributed by atoms with van der Waals surface area (Å²) in [6.45, 7) is 7.45. The van der Waals surface area contributed by atoms with Crippen molar-refractivity contribution < 1.29 is 0 Å². The molecule has 7 heteroatoms. The fraction of sp³-hybridized carbons (Fsp3) is 0.412. The number of aromatic nitrogens is 6. The molecule has 0 bridgehead atoms. The molecule has 3 rings (SSSR count). The lowest BCUT2D eigenvalue weighted by Gasteiger charge is -2.19. The highest BCUT2D eigenvalue weighted by Crippen LogP contribution is 2.27. The number of hydrogen-bond donors (Lipinski definition) is 0. The van der Waals surface area contributed by atoms with E-state index in [9.17, 15) is 0 Å². The Kier molecular flexibility index (Phi) is 4.71. The molecule has 0 N–H and O–H groups in total. The Hall–Kier alpha value is -2.15. The molecule has 0 saturated carbocycles. The van der Waals surface area contributed by atoms with E-state index in [2.05, 4.69) is 65.3 Å². The molecule has 24 heavy (non-hydrogen) atoms. The predicted octanol–water partition coefficient (Wildman–Crippen LogP) is 3.16. The number of hydrogen-bond acceptors (Lipinski definition) is 5. The second-order valence-corrected chi connectivity index (χ2v) is 7.76. The average molecular weight is 342 g/mol. The van der Waals surface area contributed by atoms with Gasteiger partial charge in [0.05, 0.1) is 6.54 Å². The monoisotopic (exact) mass is 342 g/mol. The van der Waals surface area contributed by atoms with Gasteiger partial charge in [0.25, 0.3) is 0 Å². The first-order chi connectivity index (χ1) is 11.4. The maximum atomic E-state index is 4.35. The molecule has 2 aromatic heterocycles. The number of rotatable bonds is 5. The summed E-state index contributed by atoms with van der Waals surface area (Å²) in [6.07, 6.45) is 3.27. The van der Waals surface area contributed by atoms with E-state index >= 15 is 0 Å². The zero-order valence-corrected chi connectivity index (χ0v) is 15.3. The lowest BCUT2D eigenvalue weighted by atomic mass is 9.87. The summed E-state index contributed by atoms with van der Waals surface area (Å²) in [6, 6.07) is 8.58. The van der Waals surface area contributed by atoms with E-state index in [1.54, 1.807) is 24.4 Å². The number of aryl methyl sites for hydroxylation is 1. The van der Waals surface area contributed by atoms with E-state index < -0.39 is 0 Å². The maximum Gasteiger partial charge on any atom is 0.191 e. The Balaban J connectivity index is 1.70. The Bertz CT molecular complexity index is 784. The normalized spacial score (nSPS) is 11.8. The molecule has 0 amide bonds. The van der Waals surface area contributed by atoms with Crippen LogP contribution in [0.2, 0.25) is 0 Å². The van der Waals surface area contributed by atoms with Gasteiger partial charge in [0, 0.05) is 18.4 Å². The Labute approximate surface area is 146 Å². The van der Waals surface area contributed by atoms with Gasteiger partial charge in [-0.2, -0.15) is 5.10 Å². The summed E-state index contributed by atoms with van der Waals surface area (Å²) in [5.74, 6) is 1.76. The minimum absolute atomic E-state index is 0.154. The molecule has 0 unspecified atom stereocenters. The van der Waals surface area contributed by atoms with Gasteiger partial charge in [-0.15, -0.1) is 10.2 Å².